The van der Waals surface area contributed by atoms with E-state index in [9.17, 15) is 18.4 Å². The van der Waals surface area contributed by atoms with Crippen LogP contribution in [0.15, 0.2) is 42.6 Å². The molecule has 39 heavy (non-hydrogen) atoms. The number of carbonyl (C=O) groups is 2. The van der Waals surface area contributed by atoms with Crippen LogP contribution in [0.3, 0.4) is 0 Å². The van der Waals surface area contributed by atoms with Gasteiger partial charge in [-0.05, 0) is 42.3 Å². The topological polar surface area (TPSA) is 85.7 Å². The van der Waals surface area contributed by atoms with Crippen LogP contribution < -0.4 is 15.5 Å². The molecular weight excluding hydrogens is 528 g/mol. The number of benzene rings is 2. The number of hydrogen-bond donors (Lipinski definition) is 2. The molecule has 0 atom stereocenters. The second-order valence-corrected chi connectivity index (χ2v) is 9.43. The Balaban J connectivity index is 0.00000420. The summed E-state index contributed by atoms with van der Waals surface area (Å²) in [5.74, 6) is -0.316. The Kier molecular flexibility index (Phi) is 10.8. The van der Waals surface area contributed by atoms with Crippen LogP contribution >= 0.6 is 12.4 Å². The van der Waals surface area contributed by atoms with E-state index in [1.807, 2.05) is 37.1 Å². The van der Waals surface area contributed by atoms with Crippen molar-refractivity contribution in [3.63, 3.8) is 0 Å². The van der Waals surface area contributed by atoms with Gasteiger partial charge in [-0.3, -0.25) is 24.6 Å². The van der Waals surface area contributed by atoms with Crippen molar-refractivity contribution in [2.45, 2.75) is 39.9 Å². The number of nitrogens with zero attached hydrogens (tertiary/aromatic N) is 5. The fourth-order valence-corrected chi connectivity index (χ4v) is 4.70. The van der Waals surface area contributed by atoms with Crippen molar-refractivity contribution in [3.8, 4) is 0 Å². The third kappa shape index (κ3) is 7.30. The van der Waals surface area contributed by atoms with Crippen LogP contribution in [0.2, 0.25) is 0 Å². The monoisotopic (exact) mass is 563 g/mol. The Morgan fingerprint density at radius 1 is 1.08 bits per heavy atom. The quantitative estimate of drug-likeness (QED) is 0.330. The number of amides is 2. The fourth-order valence-electron chi connectivity index (χ4n) is 4.70. The molecule has 0 bridgehead atoms. The third-order valence-corrected chi connectivity index (χ3v) is 6.79. The number of anilines is 1. The number of hydrogen-bond acceptors (Lipinski definition) is 6. The normalized spacial score (nSPS) is 13.0. The van der Waals surface area contributed by atoms with Gasteiger partial charge in [0.1, 0.15) is 6.54 Å². The third-order valence-electron chi connectivity index (χ3n) is 6.79. The fraction of sp³-hybridized carbons (Fsp3) is 0.444. The second-order valence-electron chi connectivity index (χ2n) is 9.43. The van der Waals surface area contributed by atoms with E-state index in [0.29, 0.717) is 42.8 Å². The summed E-state index contributed by atoms with van der Waals surface area (Å²) < 4.78 is 27.1. The van der Waals surface area contributed by atoms with E-state index >= 15 is 0 Å². The minimum Gasteiger partial charge on any atom is -0.315 e. The summed E-state index contributed by atoms with van der Waals surface area (Å²) in [5, 5.41) is 14.6. The maximum Gasteiger partial charge on any atom is 0.257 e. The van der Waals surface area contributed by atoms with E-state index in [0.717, 1.165) is 12.1 Å². The molecule has 0 unspecified atom stereocenters. The Morgan fingerprint density at radius 2 is 1.74 bits per heavy atom. The van der Waals surface area contributed by atoms with Gasteiger partial charge in [0.15, 0.2) is 0 Å². The molecule has 12 heteroatoms. The highest BCUT2D eigenvalue weighted by Crippen LogP contribution is 2.27. The van der Waals surface area contributed by atoms with Gasteiger partial charge < -0.3 is 10.2 Å². The lowest BCUT2D eigenvalue weighted by Crippen LogP contribution is -2.47. The highest BCUT2D eigenvalue weighted by Gasteiger charge is 2.25. The van der Waals surface area contributed by atoms with E-state index in [-0.39, 0.29) is 37.3 Å². The number of aromatic nitrogens is 2. The van der Waals surface area contributed by atoms with Gasteiger partial charge in [0.05, 0.1) is 24.8 Å². The highest BCUT2D eigenvalue weighted by atomic mass is 35.5. The van der Waals surface area contributed by atoms with Crippen molar-refractivity contribution in [1.82, 2.24) is 30.4 Å². The Hall–Kier alpha value is -3.12. The van der Waals surface area contributed by atoms with E-state index in [2.05, 4.69) is 27.9 Å². The number of alkyl halides is 2. The van der Waals surface area contributed by atoms with Crippen LogP contribution in [-0.4, -0.2) is 77.8 Å². The van der Waals surface area contributed by atoms with Gasteiger partial charge in [-0.25, -0.2) is 13.8 Å². The van der Waals surface area contributed by atoms with Crippen molar-refractivity contribution >= 4 is 40.8 Å². The van der Waals surface area contributed by atoms with Gasteiger partial charge in [0.25, 0.3) is 12.3 Å². The van der Waals surface area contributed by atoms with E-state index in [1.54, 1.807) is 23.0 Å². The zero-order chi connectivity index (χ0) is 27.2. The maximum atomic E-state index is 13.3. The lowest BCUT2D eigenvalue weighted by atomic mass is 10.1. The summed E-state index contributed by atoms with van der Waals surface area (Å²) in [6.45, 7) is 6.47. The Morgan fingerprint density at radius 3 is 2.38 bits per heavy atom. The molecule has 1 aromatic heterocycles. The molecule has 1 aliphatic rings. The van der Waals surface area contributed by atoms with Crippen LogP contribution in [0.1, 0.15) is 23.6 Å². The predicted molar refractivity (Wildman–Crippen MR) is 150 cm³/mol. The van der Waals surface area contributed by atoms with Gasteiger partial charge in [-0.2, -0.15) is 5.10 Å². The second kappa shape index (κ2) is 13.8. The van der Waals surface area contributed by atoms with Crippen molar-refractivity contribution in [2.24, 2.45) is 0 Å². The molecule has 2 heterocycles. The van der Waals surface area contributed by atoms with E-state index < -0.39 is 13.0 Å². The minimum absolute atomic E-state index is 0. The largest absolute Gasteiger partial charge is 0.315 e. The molecule has 3 aromatic rings. The van der Waals surface area contributed by atoms with Crippen LogP contribution in [0.5, 0.6) is 0 Å². The Labute approximate surface area is 233 Å². The summed E-state index contributed by atoms with van der Waals surface area (Å²) in [6.07, 6.45) is -0.971. The van der Waals surface area contributed by atoms with Crippen molar-refractivity contribution in [2.75, 3.05) is 44.7 Å². The van der Waals surface area contributed by atoms with E-state index in [1.165, 1.54) is 22.0 Å². The first-order valence-corrected chi connectivity index (χ1v) is 12.8. The lowest BCUT2D eigenvalue weighted by Gasteiger charge is -2.28. The standard InChI is InChI=1S/C27H35F2N7O2.ClH/c1-4-30-9-10-35(23-12-22-13-32-36(18-25(28)29)24(22)11-19(23)2)27(38)15-31-14-26(37)33(3)34-16-20-7-5-6-8-21(20)17-34;/h5-8,11-13,25,30-31H,4,9-10,14-18H2,1-3H3;1H. The number of halogens is 3. The summed E-state index contributed by atoms with van der Waals surface area (Å²) in [5.41, 5.74) is 4.48. The molecule has 0 spiro atoms. The SMILES string of the molecule is CCNCCN(C(=O)CNCC(=O)N(C)N1Cc2ccccc2C1)c1cc2cnn(CC(F)F)c2cc1C.Cl. The first kappa shape index (κ1) is 30.4. The van der Waals surface area contributed by atoms with E-state index in [4.69, 9.17) is 0 Å². The smallest absolute Gasteiger partial charge is 0.257 e. The van der Waals surface area contributed by atoms with Gasteiger partial charge in [0, 0.05) is 44.3 Å². The zero-order valence-electron chi connectivity index (χ0n) is 22.5. The number of aryl methyl sites for hydroxylation is 1. The number of rotatable bonds is 12. The zero-order valence-corrected chi connectivity index (χ0v) is 23.3. The maximum absolute atomic E-state index is 13.3. The molecule has 2 N–H and O–H groups in total. The lowest BCUT2D eigenvalue weighted by molar-refractivity contribution is -0.145. The summed E-state index contributed by atoms with van der Waals surface area (Å²) >= 11 is 0. The summed E-state index contributed by atoms with van der Waals surface area (Å²) in [4.78, 5) is 27.8. The summed E-state index contributed by atoms with van der Waals surface area (Å²) in [7, 11) is 1.74. The molecule has 0 saturated heterocycles. The first-order chi connectivity index (χ1) is 18.3. The number of nitrogens with one attached hydrogen (secondary N) is 2. The van der Waals surface area contributed by atoms with Gasteiger partial charge in [-0.15, -0.1) is 12.4 Å². The van der Waals surface area contributed by atoms with Crippen LogP contribution in [0.4, 0.5) is 14.5 Å². The number of likely N-dealkylation sites (N-methyl/N-ethyl adjacent to an activating group) is 2. The average Bonchev–Trinajstić information content (AvgIpc) is 3.49. The Bertz CT molecular complexity index is 1260. The molecule has 2 aromatic carbocycles. The molecule has 0 fully saturated rings. The van der Waals surface area contributed by atoms with Crippen molar-refractivity contribution in [3.05, 3.63) is 59.3 Å². The molecule has 9 nitrogen and oxygen atoms in total. The molecule has 1 aliphatic heterocycles. The minimum atomic E-state index is -2.51. The molecule has 4 rings (SSSR count). The average molecular weight is 564 g/mol. The van der Waals surface area contributed by atoms with Crippen LogP contribution in [0, 0.1) is 6.92 Å². The van der Waals surface area contributed by atoms with Crippen LogP contribution in [0.25, 0.3) is 10.9 Å². The summed E-state index contributed by atoms with van der Waals surface area (Å²) in [6, 6.07) is 11.7. The van der Waals surface area contributed by atoms with Crippen LogP contribution in [-0.2, 0) is 29.2 Å². The molecule has 0 saturated carbocycles. The molecular formula is C27H36ClF2N7O2. The van der Waals surface area contributed by atoms with Gasteiger partial charge in [-0.1, -0.05) is 31.2 Å². The molecule has 0 aliphatic carbocycles. The molecule has 0 radical (unpaired) electrons. The predicted octanol–water partition coefficient (Wildman–Crippen LogP) is 2.95. The van der Waals surface area contributed by atoms with Gasteiger partial charge in [0.2, 0.25) is 5.91 Å². The number of fused-ring (bicyclic) bond motifs is 2. The van der Waals surface area contributed by atoms with Crippen molar-refractivity contribution in [1.29, 1.82) is 0 Å². The van der Waals surface area contributed by atoms with Gasteiger partial charge >= 0.3 is 0 Å². The van der Waals surface area contributed by atoms with Crippen molar-refractivity contribution < 1.29 is 18.4 Å². The number of hydrazine groups is 1. The molecule has 2 amide bonds. The molecule has 212 valence electrons. The highest BCUT2D eigenvalue weighted by molar-refractivity contribution is 5.98. The first-order valence-electron chi connectivity index (χ1n) is 12.8. The number of carbonyl (C=O) groups excluding carboxylic acids is 2.